The van der Waals surface area contributed by atoms with Crippen molar-refractivity contribution >= 4 is 22.6 Å². The van der Waals surface area contributed by atoms with Crippen molar-refractivity contribution in [1.29, 1.82) is 0 Å². The van der Waals surface area contributed by atoms with Gasteiger partial charge in [0.25, 0.3) is 0 Å². The third-order valence-corrected chi connectivity index (χ3v) is 3.61. The Morgan fingerprint density at radius 2 is 1.96 bits per heavy atom. The number of nitrogens with zero attached hydrogens (tertiary/aromatic N) is 2. The molecule has 2 aromatic carbocycles. The molecule has 0 aliphatic rings. The summed E-state index contributed by atoms with van der Waals surface area (Å²) in [4.78, 5) is 16.6. The monoisotopic (exact) mass is 349 g/mol. The average Bonchev–Trinajstić information content (AvgIpc) is 2.96. The molecule has 0 radical (unpaired) electrons. The van der Waals surface area contributed by atoms with E-state index in [4.69, 9.17) is 0 Å². The fourth-order valence-electron chi connectivity index (χ4n) is 2.43. The number of nitrogens with one attached hydrogen (secondary N) is 1. The van der Waals surface area contributed by atoms with Gasteiger partial charge in [-0.1, -0.05) is 18.2 Å². The Morgan fingerprint density at radius 1 is 1.20 bits per heavy atom. The Labute approximate surface area is 141 Å². The summed E-state index contributed by atoms with van der Waals surface area (Å²) in [5.74, 6) is -0.779. The molecular formula is C17H14F3N3O2. The van der Waals surface area contributed by atoms with Gasteiger partial charge in [0.05, 0.1) is 17.4 Å². The molecule has 0 bridgehead atoms. The van der Waals surface area contributed by atoms with Crippen molar-refractivity contribution in [3.05, 3.63) is 54.9 Å². The molecule has 0 saturated carbocycles. The number of halogens is 3. The van der Waals surface area contributed by atoms with Gasteiger partial charge in [0.2, 0.25) is 5.91 Å². The Hall–Kier alpha value is -3.03. The van der Waals surface area contributed by atoms with E-state index in [1.54, 1.807) is 17.8 Å². The van der Waals surface area contributed by atoms with E-state index in [1.807, 2.05) is 24.3 Å². The standard InChI is InChI=1S/C17H14F3N3O2/c1-11(23-10-21-14-7-2-3-8-15(14)23)16(24)22-12-5-4-6-13(9-12)25-17(18,19)20/h2-11H,1H3,(H,22,24). The summed E-state index contributed by atoms with van der Waals surface area (Å²) in [7, 11) is 0. The van der Waals surface area contributed by atoms with E-state index in [0.29, 0.717) is 0 Å². The number of ether oxygens (including phenoxy) is 1. The van der Waals surface area contributed by atoms with E-state index in [0.717, 1.165) is 23.2 Å². The Kier molecular flexibility index (Phi) is 4.35. The summed E-state index contributed by atoms with van der Waals surface area (Å²) < 4.78 is 42.4. The molecule has 1 amide bonds. The zero-order chi connectivity index (χ0) is 18.0. The number of alkyl halides is 3. The molecule has 0 aliphatic carbocycles. The molecule has 3 aromatic rings. The van der Waals surface area contributed by atoms with Gasteiger partial charge in [0.15, 0.2) is 0 Å². The van der Waals surface area contributed by atoms with Gasteiger partial charge in [-0.25, -0.2) is 4.98 Å². The van der Waals surface area contributed by atoms with Crippen molar-refractivity contribution in [2.75, 3.05) is 5.32 Å². The van der Waals surface area contributed by atoms with Gasteiger partial charge in [0, 0.05) is 11.8 Å². The molecule has 0 spiro atoms. The van der Waals surface area contributed by atoms with Crippen LogP contribution in [-0.2, 0) is 4.79 Å². The molecule has 5 nitrogen and oxygen atoms in total. The maximum atomic E-state index is 12.4. The molecule has 0 saturated heterocycles. The summed E-state index contributed by atoms with van der Waals surface area (Å²) in [6.45, 7) is 1.68. The van der Waals surface area contributed by atoms with Gasteiger partial charge in [-0.15, -0.1) is 13.2 Å². The van der Waals surface area contributed by atoms with Crippen LogP contribution in [0, 0.1) is 0 Å². The first-order valence-electron chi connectivity index (χ1n) is 7.42. The fourth-order valence-corrected chi connectivity index (χ4v) is 2.43. The van der Waals surface area contributed by atoms with Gasteiger partial charge in [0.1, 0.15) is 11.8 Å². The first-order chi connectivity index (χ1) is 11.8. The smallest absolute Gasteiger partial charge is 0.406 e. The average molecular weight is 349 g/mol. The number of anilines is 1. The maximum Gasteiger partial charge on any atom is 0.573 e. The van der Waals surface area contributed by atoms with E-state index in [1.165, 1.54) is 12.1 Å². The lowest BCUT2D eigenvalue weighted by Crippen LogP contribution is -2.23. The number of imidazole rings is 1. The van der Waals surface area contributed by atoms with Crippen LogP contribution in [0.3, 0.4) is 0 Å². The minimum atomic E-state index is -4.79. The van der Waals surface area contributed by atoms with Crippen molar-refractivity contribution in [2.24, 2.45) is 0 Å². The van der Waals surface area contributed by atoms with Gasteiger partial charge in [-0.3, -0.25) is 4.79 Å². The summed E-state index contributed by atoms with van der Waals surface area (Å²) in [5.41, 5.74) is 1.75. The quantitative estimate of drug-likeness (QED) is 0.770. The van der Waals surface area contributed by atoms with E-state index in [-0.39, 0.29) is 11.6 Å². The van der Waals surface area contributed by atoms with E-state index in [2.05, 4.69) is 15.0 Å². The lowest BCUT2D eigenvalue weighted by Gasteiger charge is -2.15. The van der Waals surface area contributed by atoms with Crippen molar-refractivity contribution in [3.63, 3.8) is 0 Å². The third-order valence-electron chi connectivity index (χ3n) is 3.61. The summed E-state index contributed by atoms with van der Waals surface area (Å²) in [5, 5.41) is 2.59. The highest BCUT2D eigenvalue weighted by molar-refractivity contribution is 5.94. The predicted molar refractivity (Wildman–Crippen MR) is 86.2 cm³/mol. The molecule has 25 heavy (non-hydrogen) atoms. The molecular weight excluding hydrogens is 335 g/mol. The van der Waals surface area contributed by atoms with Crippen molar-refractivity contribution in [1.82, 2.24) is 9.55 Å². The zero-order valence-corrected chi connectivity index (χ0v) is 13.1. The van der Waals surface area contributed by atoms with Crippen molar-refractivity contribution < 1.29 is 22.7 Å². The normalized spacial score (nSPS) is 12.8. The molecule has 1 N–H and O–H groups in total. The summed E-state index contributed by atoms with van der Waals surface area (Å²) in [6, 6.07) is 11.9. The minimum Gasteiger partial charge on any atom is -0.406 e. The minimum absolute atomic E-state index is 0.211. The third kappa shape index (κ3) is 3.90. The van der Waals surface area contributed by atoms with Crippen LogP contribution in [0.15, 0.2) is 54.9 Å². The molecule has 1 aromatic heterocycles. The lowest BCUT2D eigenvalue weighted by atomic mass is 10.2. The molecule has 0 fully saturated rings. The number of aromatic nitrogens is 2. The van der Waals surface area contributed by atoms with E-state index < -0.39 is 18.2 Å². The number of fused-ring (bicyclic) bond motifs is 1. The molecule has 1 heterocycles. The highest BCUT2D eigenvalue weighted by atomic mass is 19.4. The lowest BCUT2D eigenvalue weighted by molar-refractivity contribution is -0.274. The summed E-state index contributed by atoms with van der Waals surface area (Å²) in [6.07, 6.45) is -3.23. The Bertz CT molecular complexity index is 905. The molecule has 0 aliphatic heterocycles. The highest BCUT2D eigenvalue weighted by Gasteiger charge is 2.31. The number of hydrogen-bond acceptors (Lipinski definition) is 3. The Balaban J connectivity index is 1.77. The van der Waals surface area contributed by atoms with Crippen LogP contribution in [0.25, 0.3) is 11.0 Å². The van der Waals surface area contributed by atoms with Gasteiger partial charge >= 0.3 is 6.36 Å². The SMILES string of the molecule is CC(C(=O)Nc1cccc(OC(F)(F)F)c1)n1cnc2ccccc21. The topological polar surface area (TPSA) is 56.1 Å². The van der Waals surface area contributed by atoms with Crippen LogP contribution in [0.1, 0.15) is 13.0 Å². The molecule has 3 rings (SSSR count). The first-order valence-corrected chi connectivity index (χ1v) is 7.42. The van der Waals surface area contributed by atoms with Crippen molar-refractivity contribution in [3.8, 4) is 5.75 Å². The first kappa shape index (κ1) is 16.8. The van der Waals surface area contributed by atoms with Gasteiger partial charge < -0.3 is 14.6 Å². The molecule has 8 heteroatoms. The number of benzene rings is 2. The van der Waals surface area contributed by atoms with Crippen molar-refractivity contribution in [2.45, 2.75) is 19.3 Å². The summed E-state index contributed by atoms with van der Waals surface area (Å²) >= 11 is 0. The second kappa shape index (κ2) is 6.46. The molecule has 1 atom stereocenters. The second-order valence-electron chi connectivity index (χ2n) is 5.38. The van der Waals surface area contributed by atoms with E-state index in [9.17, 15) is 18.0 Å². The van der Waals surface area contributed by atoms with Crippen LogP contribution in [0.5, 0.6) is 5.75 Å². The van der Waals surface area contributed by atoms with Crippen LogP contribution >= 0.6 is 0 Å². The number of rotatable bonds is 4. The number of carbonyl (C=O) groups excluding carboxylic acids is 1. The van der Waals surface area contributed by atoms with Crippen LogP contribution in [-0.4, -0.2) is 21.8 Å². The van der Waals surface area contributed by atoms with E-state index >= 15 is 0 Å². The van der Waals surface area contributed by atoms with Crippen LogP contribution in [0.4, 0.5) is 18.9 Å². The number of para-hydroxylation sites is 2. The number of hydrogen-bond donors (Lipinski definition) is 1. The number of amides is 1. The Morgan fingerprint density at radius 3 is 2.72 bits per heavy atom. The second-order valence-corrected chi connectivity index (χ2v) is 5.38. The van der Waals surface area contributed by atoms with Crippen LogP contribution in [0.2, 0.25) is 0 Å². The maximum absolute atomic E-state index is 12.4. The highest BCUT2D eigenvalue weighted by Crippen LogP contribution is 2.26. The number of carbonyl (C=O) groups is 1. The predicted octanol–water partition coefficient (Wildman–Crippen LogP) is 4.13. The fraction of sp³-hybridized carbons (Fsp3) is 0.176. The van der Waals surface area contributed by atoms with Gasteiger partial charge in [-0.2, -0.15) is 0 Å². The van der Waals surface area contributed by atoms with Gasteiger partial charge in [-0.05, 0) is 31.2 Å². The zero-order valence-electron chi connectivity index (χ0n) is 13.1. The molecule has 1 unspecified atom stereocenters. The van der Waals surface area contributed by atoms with Crippen LogP contribution < -0.4 is 10.1 Å². The molecule has 130 valence electrons. The largest absolute Gasteiger partial charge is 0.573 e.